The number of benzene rings is 1. The Morgan fingerprint density at radius 3 is 2.42 bits per heavy atom. The van der Waals surface area contributed by atoms with E-state index in [1.807, 2.05) is 30.3 Å². The summed E-state index contributed by atoms with van der Waals surface area (Å²) in [6.45, 7) is 0. The van der Waals surface area contributed by atoms with Crippen molar-refractivity contribution in [2.45, 2.75) is 24.3 Å². The zero-order valence-electron chi connectivity index (χ0n) is 13.3. The number of primary amides is 1. The highest BCUT2D eigenvalue weighted by Crippen LogP contribution is 2.77. The summed E-state index contributed by atoms with van der Waals surface area (Å²) in [4.78, 5) is 35.8. The van der Waals surface area contributed by atoms with E-state index in [-0.39, 0.29) is 18.8 Å². The topological polar surface area (TPSA) is 133 Å². The molecule has 0 aromatic heterocycles. The molecule has 7 nitrogen and oxygen atoms in total. The molecule has 0 spiro atoms. The van der Waals surface area contributed by atoms with E-state index in [0.29, 0.717) is 0 Å². The molecule has 1 amide bonds. The number of fused-ring (bicyclic) bond motifs is 1. The minimum absolute atomic E-state index is 0.228. The second-order valence-electron chi connectivity index (χ2n) is 6.71. The van der Waals surface area contributed by atoms with Gasteiger partial charge in [0.05, 0.1) is 13.0 Å². The van der Waals surface area contributed by atoms with E-state index < -0.39 is 40.6 Å². The van der Waals surface area contributed by atoms with Gasteiger partial charge in [0.1, 0.15) is 5.54 Å². The highest BCUT2D eigenvalue weighted by atomic mass is 16.5. The molecule has 5 N–H and O–H groups in total. The van der Waals surface area contributed by atoms with Crippen molar-refractivity contribution in [3.8, 4) is 0 Å². The van der Waals surface area contributed by atoms with Crippen molar-refractivity contribution in [1.82, 2.24) is 0 Å². The molecule has 1 aromatic carbocycles. The molecule has 2 fully saturated rings. The number of methoxy groups -OCH3 is 1. The van der Waals surface area contributed by atoms with Crippen molar-refractivity contribution < 1.29 is 24.2 Å². The monoisotopic (exact) mass is 332 g/mol. The molecule has 0 bridgehead atoms. The molecule has 2 saturated carbocycles. The molecular weight excluding hydrogens is 312 g/mol. The summed E-state index contributed by atoms with van der Waals surface area (Å²) < 4.78 is 4.84. The van der Waals surface area contributed by atoms with Crippen molar-refractivity contribution >= 4 is 17.8 Å². The maximum absolute atomic E-state index is 12.4. The van der Waals surface area contributed by atoms with Crippen LogP contribution in [-0.2, 0) is 19.1 Å². The molecule has 1 aromatic rings. The molecule has 2 aliphatic rings. The van der Waals surface area contributed by atoms with Crippen LogP contribution in [0.4, 0.5) is 0 Å². The lowest BCUT2D eigenvalue weighted by Gasteiger charge is -2.33. The summed E-state index contributed by atoms with van der Waals surface area (Å²) in [5.41, 5.74) is 9.90. The minimum Gasteiger partial charge on any atom is -0.481 e. The normalized spacial score (nSPS) is 36.7. The van der Waals surface area contributed by atoms with Crippen LogP contribution in [0, 0.1) is 17.3 Å². The predicted molar refractivity (Wildman–Crippen MR) is 83.6 cm³/mol. The van der Waals surface area contributed by atoms with Crippen LogP contribution in [0.15, 0.2) is 30.3 Å². The number of carboxylic acid groups (broad SMARTS) is 1. The fourth-order valence-electron chi connectivity index (χ4n) is 4.83. The Morgan fingerprint density at radius 2 is 1.92 bits per heavy atom. The molecule has 128 valence electrons. The van der Waals surface area contributed by atoms with E-state index in [1.54, 1.807) is 0 Å². The van der Waals surface area contributed by atoms with Gasteiger partial charge in [-0.3, -0.25) is 14.4 Å². The van der Waals surface area contributed by atoms with E-state index in [1.165, 1.54) is 7.11 Å². The fraction of sp³-hybridized carbons (Fsp3) is 0.471. The number of rotatable bonds is 5. The minimum atomic E-state index is -1.55. The SMILES string of the molecule is COC(=O)C1(N)CC(c2ccccc2)C2C(C(=O)O)C21CC(N)=O. The number of aliphatic carboxylic acids is 1. The number of hydrogen-bond donors (Lipinski definition) is 3. The van der Waals surface area contributed by atoms with Crippen LogP contribution in [0.1, 0.15) is 24.3 Å². The summed E-state index contributed by atoms with van der Waals surface area (Å²) in [7, 11) is 1.21. The Labute approximate surface area is 139 Å². The van der Waals surface area contributed by atoms with E-state index >= 15 is 0 Å². The lowest BCUT2D eigenvalue weighted by molar-refractivity contribution is -0.151. The second kappa shape index (κ2) is 5.31. The third-order valence-corrected chi connectivity index (χ3v) is 5.72. The van der Waals surface area contributed by atoms with Gasteiger partial charge in [-0.2, -0.15) is 0 Å². The Hall–Kier alpha value is -2.41. The average molecular weight is 332 g/mol. The first-order valence-electron chi connectivity index (χ1n) is 7.73. The smallest absolute Gasteiger partial charge is 0.326 e. The third-order valence-electron chi connectivity index (χ3n) is 5.72. The van der Waals surface area contributed by atoms with Crippen molar-refractivity contribution in [2.75, 3.05) is 7.11 Å². The summed E-state index contributed by atoms with van der Waals surface area (Å²) >= 11 is 0. The van der Waals surface area contributed by atoms with Crippen molar-refractivity contribution in [1.29, 1.82) is 0 Å². The number of carbonyl (C=O) groups excluding carboxylic acids is 2. The van der Waals surface area contributed by atoms with E-state index in [2.05, 4.69) is 0 Å². The van der Waals surface area contributed by atoms with Gasteiger partial charge in [0.25, 0.3) is 0 Å². The lowest BCUT2D eigenvalue weighted by atomic mass is 9.76. The van der Waals surface area contributed by atoms with Crippen LogP contribution < -0.4 is 11.5 Å². The maximum Gasteiger partial charge on any atom is 0.326 e. The van der Waals surface area contributed by atoms with Gasteiger partial charge in [-0.25, -0.2) is 0 Å². The Bertz CT molecular complexity index is 706. The van der Waals surface area contributed by atoms with Gasteiger partial charge >= 0.3 is 11.9 Å². The van der Waals surface area contributed by atoms with Crippen LogP contribution in [-0.4, -0.2) is 35.6 Å². The van der Waals surface area contributed by atoms with Crippen LogP contribution in [0.3, 0.4) is 0 Å². The molecule has 7 heteroatoms. The van der Waals surface area contributed by atoms with Crippen molar-refractivity contribution in [3.05, 3.63) is 35.9 Å². The molecule has 0 heterocycles. The first-order valence-corrected chi connectivity index (χ1v) is 7.73. The molecule has 0 aliphatic heterocycles. The van der Waals surface area contributed by atoms with Crippen LogP contribution in [0.25, 0.3) is 0 Å². The summed E-state index contributed by atoms with van der Waals surface area (Å²) in [5, 5.41) is 9.63. The molecule has 0 saturated heterocycles. The zero-order valence-corrected chi connectivity index (χ0v) is 13.3. The highest BCUT2D eigenvalue weighted by Gasteiger charge is 2.84. The number of ether oxygens (including phenoxy) is 1. The number of carbonyl (C=O) groups is 3. The largest absolute Gasteiger partial charge is 0.481 e. The summed E-state index contributed by atoms with van der Waals surface area (Å²) in [5.74, 6) is -3.99. The maximum atomic E-state index is 12.4. The van der Waals surface area contributed by atoms with Crippen LogP contribution in [0.2, 0.25) is 0 Å². The standard InChI is InChI=1S/C17H20N2O5/c1-24-15(23)17(19)7-10(9-5-3-2-4-6-9)12-13(14(21)22)16(12,17)8-11(18)20/h2-6,10,12-13H,7-8,19H2,1H3,(H2,18,20)(H,21,22). The zero-order chi connectivity index (χ0) is 17.7. The van der Waals surface area contributed by atoms with E-state index in [9.17, 15) is 19.5 Å². The first kappa shape index (κ1) is 16.4. The van der Waals surface area contributed by atoms with Crippen LogP contribution in [0.5, 0.6) is 0 Å². The molecule has 3 rings (SSSR count). The lowest BCUT2D eigenvalue weighted by Crippen LogP contribution is -2.57. The van der Waals surface area contributed by atoms with E-state index in [0.717, 1.165) is 5.56 Å². The molecule has 5 unspecified atom stereocenters. The van der Waals surface area contributed by atoms with Gasteiger partial charge in [-0.05, 0) is 23.8 Å². The predicted octanol–water partition coefficient (Wildman–Crippen LogP) is 0.237. The summed E-state index contributed by atoms with van der Waals surface area (Å²) in [6.07, 6.45) is -0.0189. The highest BCUT2D eigenvalue weighted by molar-refractivity contribution is 5.91. The Morgan fingerprint density at radius 1 is 1.29 bits per heavy atom. The van der Waals surface area contributed by atoms with Crippen LogP contribution >= 0.6 is 0 Å². The molecule has 0 radical (unpaired) electrons. The number of nitrogens with two attached hydrogens (primary N) is 2. The average Bonchev–Trinajstić information content (AvgIpc) is 3.14. The van der Waals surface area contributed by atoms with Gasteiger partial charge in [0.15, 0.2) is 0 Å². The van der Waals surface area contributed by atoms with Gasteiger partial charge < -0.3 is 21.3 Å². The van der Waals surface area contributed by atoms with Gasteiger partial charge in [-0.15, -0.1) is 0 Å². The first-order chi connectivity index (χ1) is 11.3. The van der Waals surface area contributed by atoms with Crippen molar-refractivity contribution in [3.63, 3.8) is 0 Å². The van der Waals surface area contributed by atoms with Gasteiger partial charge in [0, 0.05) is 11.8 Å². The molecule has 24 heavy (non-hydrogen) atoms. The van der Waals surface area contributed by atoms with E-state index in [4.69, 9.17) is 16.2 Å². The second-order valence-corrected chi connectivity index (χ2v) is 6.71. The van der Waals surface area contributed by atoms with Crippen molar-refractivity contribution in [2.24, 2.45) is 28.7 Å². The number of hydrogen-bond acceptors (Lipinski definition) is 5. The fourth-order valence-corrected chi connectivity index (χ4v) is 4.83. The third kappa shape index (κ3) is 1.97. The summed E-state index contributed by atoms with van der Waals surface area (Å²) in [6, 6.07) is 9.29. The number of esters is 1. The number of carboxylic acids is 1. The van der Waals surface area contributed by atoms with Gasteiger partial charge in [-0.1, -0.05) is 30.3 Å². The number of amides is 1. The van der Waals surface area contributed by atoms with Gasteiger partial charge in [0.2, 0.25) is 5.91 Å². The molecule has 5 atom stereocenters. The Balaban J connectivity index is 2.12. The molecule has 2 aliphatic carbocycles. The Kier molecular flexibility index (Phi) is 3.64. The molecular formula is C17H20N2O5. The quantitative estimate of drug-likeness (QED) is 0.661.